The van der Waals surface area contributed by atoms with Crippen LogP contribution in [0.1, 0.15) is 18.9 Å². The van der Waals surface area contributed by atoms with Gasteiger partial charge in [-0.05, 0) is 19.4 Å². The summed E-state index contributed by atoms with van der Waals surface area (Å²) in [5.74, 6) is 0.705. The molecular formula is C11H17BrN2O. The van der Waals surface area contributed by atoms with E-state index in [1.54, 1.807) is 13.3 Å². The normalized spacial score (nSPS) is 12.5. The highest BCUT2D eigenvalue weighted by molar-refractivity contribution is 9.09. The topological polar surface area (TPSA) is 34.1 Å². The lowest BCUT2D eigenvalue weighted by atomic mass is 10.2. The molecular weight excluding hydrogens is 256 g/mol. The van der Waals surface area contributed by atoms with E-state index in [0.717, 1.165) is 23.9 Å². The summed E-state index contributed by atoms with van der Waals surface area (Å²) in [7, 11) is 1.65. The molecule has 0 aliphatic rings. The second-order valence-corrected chi connectivity index (χ2v) is 4.22. The molecule has 0 aromatic carbocycles. The van der Waals surface area contributed by atoms with E-state index < -0.39 is 0 Å². The average molecular weight is 273 g/mol. The SMILES string of the molecule is COc1ncccc1CNC(C)CCBr. The van der Waals surface area contributed by atoms with E-state index in [-0.39, 0.29) is 0 Å². The minimum absolute atomic E-state index is 0.495. The number of hydrogen-bond donors (Lipinski definition) is 1. The molecule has 0 saturated carbocycles. The summed E-state index contributed by atoms with van der Waals surface area (Å²) in [5, 5.41) is 4.44. The van der Waals surface area contributed by atoms with Crippen LogP contribution in [0.3, 0.4) is 0 Å². The van der Waals surface area contributed by atoms with Crippen molar-refractivity contribution in [3.8, 4) is 5.88 Å². The molecule has 1 aromatic rings. The maximum atomic E-state index is 5.18. The fraction of sp³-hybridized carbons (Fsp3) is 0.545. The Morgan fingerprint density at radius 3 is 3.07 bits per heavy atom. The lowest BCUT2D eigenvalue weighted by Crippen LogP contribution is -2.26. The van der Waals surface area contributed by atoms with Gasteiger partial charge >= 0.3 is 0 Å². The second kappa shape index (κ2) is 6.80. The molecule has 4 heteroatoms. The number of pyridine rings is 1. The smallest absolute Gasteiger partial charge is 0.217 e. The van der Waals surface area contributed by atoms with Crippen LogP contribution in [-0.4, -0.2) is 23.5 Å². The van der Waals surface area contributed by atoms with E-state index in [1.807, 2.05) is 12.1 Å². The van der Waals surface area contributed by atoms with Crippen molar-refractivity contribution in [3.63, 3.8) is 0 Å². The summed E-state index contributed by atoms with van der Waals surface area (Å²) in [5.41, 5.74) is 1.10. The minimum Gasteiger partial charge on any atom is -0.481 e. The van der Waals surface area contributed by atoms with E-state index in [9.17, 15) is 0 Å². The summed E-state index contributed by atoms with van der Waals surface area (Å²) in [4.78, 5) is 4.15. The predicted octanol–water partition coefficient (Wildman–Crippen LogP) is 2.35. The quantitative estimate of drug-likeness (QED) is 0.808. The van der Waals surface area contributed by atoms with Crippen LogP contribution in [0, 0.1) is 0 Å². The van der Waals surface area contributed by atoms with Crippen LogP contribution >= 0.6 is 15.9 Å². The van der Waals surface area contributed by atoms with Crippen molar-refractivity contribution >= 4 is 15.9 Å². The minimum atomic E-state index is 0.495. The van der Waals surface area contributed by atoms with Crippen LogP contribution in [0.4, 0.5) is 0 Å². The zero-order valence-corrected chi connectivity index (χ0v) is 10.8. The third kappa shape index (κ3) is 4.18. The molecule has 0 fully saturated rings. The first-order valence-corrected chi connectivity index (χ1v) is 6.17. The summed E-state index contributed by atoms with van der Waals surface area (Å²) < 4.78 is 5.18. The first kappa shape index (κ1) is 12.5. The third-order valence-electron chi connectivity index (χ3n) is 2.23. The molecule has 0 saturated heterocycles. The lowest BCUT2D eigenvalue weighted by Gasteiger charge is -2.13. The van der Waals surface area contributed by atoms with Gasteiger partial charge in [-0.3, -0.25) is 0 Å². The Morgan fingerprint density at radius 2 is 2.40 bits per heavy atom. The second-order valence-electron chi connectivity index (χ2n) is 3.43. The molecule has 0 bridgehead atoms. The Labute approximate surface area is 99.4 Å². The molecule has 1 aromatic heterocycles. The van der Waals surface area contributed by atoms with Crippen molar-refractivity contribution < 1.29 is 4.74 Å². The fourth-order valence-corrected chi connectivity index (χ4v) is 1.98. The Kier molecular flexibility index (Phi) is 5.65. The van der Waals surface area contributed by atoms with E-state index in [0.29, 0.717) is 11.9 Å². The average Bonchev–Trinajstić information content (AvgIpc) is 2.27. The molecule has 0 amide bonds. The van der Waals surface area contributed by atoms with E-state index >= 15 is 0 Å². The van der Waals surface area contributed by atoms with E-state index in [1.165, 1.54) is 0 Å². The largest absolute Gasteiger partial charge is 0.481 e. The standard InChI is InChI=1S/C11H17BrN2O/c1-9(5-6-12)14-8-10-4-3-7-13-11(10)15-2/h3-4,7,9,14H,5-6,8H2,1-2H3. The number of nitrogens with one attached hydrogen (secondary N) is 1. The molecule has 0 aliphatic carbocycles. The van der Waals surface area contributed by atoms with Gasteiger partial charge in [0.2, 0.25) is 5.88 Å². The van der Waals surface area contributed by atoms with Crippen molar-refractivity contribution in [3.05, 3.63) is 23.9 Å². The van der Waals surface area contributed by atoms with Gasteiger partial charge in [-0.15, -0.1) is 0 Å². The van der Waals surface area contributed by atoms with Gasteiger partial charge in [-0.2, -0.15) is 0 Å². The fourth-order valence-electron chi connectivity index (χ4n) is 1.29. The van der Waals surface area contributed by atoms with Gasteiger partial charge in [-0.1, -0.05) is 22.0 Å². The Bertz CT molecular complexity index is 294. The maximum Gasteiger partial charge on any atom is 0.217 e. The highest BCUT2D eigenvalue weighted by Gasteiger charge is 2.05. The molecule has 15 heavy (non-hydrogen) atoms. The molecule has 1 atom stereocenters. The van der Waals surface area contributed by atoms with Crippen LogP contribution in [-0.2, 0) is 6.54 Å². The summed E-state index contributed by atoms with van der Waals surface area (Å²) >= 11 is 3.43. The van der Waals surface area contributed by atoms with Crippen molar-refractivity contribution in [2.45, 2.75) is 25.9 Å². The monoisotopic (exact) mass is 272 g/mol. The van der Waals surface area contributed by atoms with Gasteiger partial charge in [-0.25, -0.2) is 4.98 Å². The first-order valence-electron chi connectivity index (χ1n) is 5.05. The lowest BCUT2D eigenvalue weighted by molar-refractivity contribution is 0.388. The molecule has 84 valence electrons. The number of aromatic nitrogens is 1. The number of methoxy groups -OCH3 is 1. The number of ether oxygens (including phenoxy) is 1. The molecule has 0 aliphatic heterocycles. The van der Waals surface area contributed by atoms with Crippen molar-refractivity contribution in [2.75, 3.05) is 12.4 Å². The van der Waals surface area contributed by atoms with Crippen LogP contribution in [0.5, 0.6) is 5.88 Å². The first-order chi connectivity index (χ1) is 7.27. The van der Waals surface area contributed by atoms with Crippen LogP contribution in [0.15, 0.2) is 18.3 Å². The summed E-state index contributed by atoms with van der Waals surface area (Å²) in [6.07, 6.45) is 2.85. The van der Waals surface area contributed by atoms with E-state index in [4.69, 9.17) is 4.74 Å². The van der Waals surface area contributed by atoms with Gasteiger partial charge in [0, 0.05) is 29.7 Å². The van der Waals surface area contributed by atoms with Gasteiger partial charge in [0.25, 0.3) is 0 Å². The van der Waals surface area contributed by atoms with Gasteiger partial charge in [0.1, 0.15) is 0 Å². The molecule has 1 unspecified atom stereocenters. The predicted molar refractivity (Wildman–Crippen MR) is 65.5 cm³/mol. The molecule has 0 spiro atoms. The summed E-state index contributed by atoms with van der Waals surface area (Å²) in [6.45, 7) is 2.97. The highest BCUT2D eigenvalue weighted by atomic mass is 79.9. The number of alkyl halides is 1. The summed E-state index contributed by atoms with van der Waals surface area (Å²) in [6, 6.07) is 4.45. The molecule has 1 rings (SSSR count). The number of nitrogens with zero attached hydrogens (tertiary/aromatic N) is 1. The van der Waals surface area contributed by atoms with Crippen molar-refractivity contribution in [1.82, 2.24) is 10.3 Å². The molecule has 1 N–H and O–H groups in total. The maximum absolute atomic E-state index is 5.18. The highest BCUT2D eigenvalue weighted by Crippen LogP contribution is 2.13. The van der Waals surface area contributed by atoms with Gasteiger partial charge in [0.15, 0.2) is 0 Å². The Hall–Kier alpha value is -0.610. The molecule has 3 nitrogen and oxygen atoms in total. The van der Waals surface area contributed by atoms with Gasteiger partial charge in [0.05, 0.1) is 7.11 Å². The third-order valence-corrected chi connectivity index (χ3v) is 2.68. The number of halogens is 1. The zero-order chi connectivity index (χ0) is 11.1. The molecule has 1 heterocycles. The van der Waals surface area contributed by atoms with Crippen molar-refractivity contribution in [1.29, 1.82) is 0 Å². The number of hydrogen-bond acceptors (Lipinski definition) is 3. The van der Waals surface area contributed by atoms with Gasteiger partial charge < -0.3 is 10.1 Å². The van der Waals surface area contributed by atoms with Crippen LogP contribution < -0.4 is 10.1 Å². The van der Waals surface area contributed by atoms with Crippen LogP contribution in [0.2, 0.25) is 0 Å². The van der Waals surface area contributed by atoms with Crippen molar-refractivity contribution in [2.24, 2.45) is 0 Å². The Balaban J connectivity index is 2.49. The van der Waals surface area contributed by atoms with Crippen LogP contribution in [0.25, 0.3) is 0 Å². The van der Waals surface area contributed by atoms with E-state index in [2.05, 4.69) is 33.2 Å². The zero-order valence-electron chi connectivity index (χ0n) is 9.16. The molecule has 0 radical (unpaired) electrons. The number of rotatable bonds is 6. The Morgan fingerprint density at radius 1 is 1.60 bits per heavy atom.